The van der Waals surface area contributed by atoms with Gasteiger partial charge in [0.05, 0.1) is 30.2 Å². The van der Waals surface area contributed by atoms with Crippen molar-refractivity contribution in [3.63, 3.8) is 0 Å². The Morgan fingerprint density at radius 2 is 1.67 bits per heavy atom. The molecule has 0 unspecified atom stereocenters. The van der Waals surface area contributed by atoms with Crippen molar-refractivity contribution in [2.24, 2.45) is 5.73 Å². The van der Waals surface area contributed by atoms with Gasteiger partial charge in [0.2, 0.25) is 0 Å². The number of aliphatic hydroxyl groups is 2. The van der Waals surface area contributed by atoms with Crippen LogP contribution in [0.4, 0.5) is 17.1 Å². The second-order valence-electron chi connectivity index (χ2n) is 3.80. The Hall–Kier alpha value is -1.99. The molecule has 0 bridgehead atoms. The van der Waals surface area contributed by atoms with Gasteiger partial charge in [-0.15, -0.1) is 0 Å². The average Bonchev–Trinajstić information content (AvgIpc) is 2.28. The maximum absolute atomic E-state index is 11.2. The fourth-order valence-electron chi connectivity index (χ4n) is 1.70. The number of hydrogen-bond donors (Lipinski definition) is 5. The standard InChI is InChI=1S/C11H18N4O3/c12-8-6-9(13)10(5-7(8)11(14)18)15(1-3-16)2-4-17/h5-6,16-17H,1-4,12-13H2,(H2,14,18). The summed E-state index contributed by atoms with van der Waals surface area (Å²) in [5.74, 6) is -0.651. The third-order valence-corrected chi connectivity index (χ3v) is 2.54. The first-order valence-corrected chi connectivity index (χ1v) is 5.46. The smallest absolute Gasteiger partial charge is 0.250 e. The minimum absolute atomic E-state index is 0.101. The minimum Gasteiger partial charge on any atom is -0.398 e. The molecule has 7 heteroatoms. The number of rotatable bonds is 6. The maximum atomic E-state index is 11.2. The van der Waals surface area contributed by atoms with Gasteiger partial charge in [-0.05, 0) is 12.1 Å². The molecule has 18 heavy (non-hydrogen) atoms. The van der Waals surface area contributed by atoms with Gasteiger partial charge in [0.25, 0.3) is 5.91 Å². The number of carbonyl (C=O) groups is 1. The number of nitrogen functional groups attached to an aromatic ring is 2. The van der Waals surface area contributed by atoms with Gasteiger partial charge in [0.1, 0.15) is 0 Å². The van der Waals surface area contributed by atoms with E-state index in [1.165, 1.54) is 12.1 Å². The molecule has 0 aliphatic carbocycles. The molecule has 1 aromatic carbocycles. The highest BCUT2D eigenvalue weighted by Gasteiger charge is 2.14. The van der Waals surface area contributed by atoms with E-state index in [-0.39, 0.29) is 37.6 Å². The summed E-state index contributed by atoms with van der Waals surface area (Å²) in [5.41, 5.74) is 17.9. The topological polar surface area (TPSA) is 139 Å². The largest absolute Gasteiger partial charge is 0.398 e. The van der Waals surface area contributed by atoms with Crippen molar-refractivity contribution in [1.82, 2.24) is 0 Å². The second kappa shape index (κ2) is 6.08. The van der Waals surface area contributed by atoms with Gasteiger partial charge < -0.3 is 32.3 Å². The number of amides is 1. The van der Waals surface area contributed by atoms with Crippen LogP contribution in [-0.2, 0) is 0 Å². The molecule has 1 aromatic rings. The molecule has 0 radical (unpaired) electrons. The summed E-state index contributed by atoms with van der Waals surface area (Å²) < 4.78 is 0. The monoisotopic (exact) mass is 254 g/mol. The third kappa shape index (κ3) is 3.02. The van der Waals surface area contributed by atoms with Gasteiger partial charge in [-0.3, -0.25) is 4.79 Å². The molecule has 100 valence electrons. The lowest BCUT2D eigenvalue weighted by Gasteiger charge is -2.25. The predicted molar refractivity (Wildman–Crippen MR) is 70.2 cm³/mol. The Labute approximate surface area is 105 Å². The van der Waals surface area contributed by atoms with E-state index < -0.39 is 5.91 Å². The molecule has 0 saturated carbocycles. The zero-order chi connectivity index (χ0) is 13.7. The first kappa shape index (κ1) is 14.1. The van der Waals surface area contributed by atoms with Gasteiger partial charge in [0.15, 0.2) is 0 Å². The Morgan fingerprint density at radius 3 is 2.11 bits per heavy atom. The van der Waals surface area contributed by atoms with Crippen molar-refractivity contribution >= 4 is 23.0 Å². The zero-order valence-electron chi connectivity index (χ0n) is 9.97. The summed E-state index contributed by atoms with van der Waals surface area (Å²) in [4.78, 5) is 12.9. The first-order valence-electron chi connectivity index (χ1n) is 5.46. The maximum Gasteiger partial charge on any atom is 0.250 e. The third-order valence-electron chi connectivity index (χ3n) is 2.54. The van der Waals surface area contributed by atoms with Crippen LogP contribution >= 0.6 is 0 Å². The summed E-state index contributed by atoms with van der Waals surface area (Å²) in [6, 6.07) is 2.91. The second-order valence-corrected chi connectivity index (χ2v) is 3.80. The number of anilines is 3. The van der Waals surface area contributed by atoms with E-state index in [0.29, 0.717) is 11.4 Å². The van der Waals surface area contributed by atoms with Gasteiger partial charge in [-0.2, -0.15) is 0 Å². The van der Waals surface area contributed by atoms with Gasteiger partial charge in [0, 0.05) is 18.8 Å². The Morgan fingerprint density at radius 1 is 1.11 bits per heavy atom. The molecule has 7 nitrogen and oxygen atoms in total. The molecular formula is C11H18N4O3. The van der Waals surface area contributed by atoms with Gasteiger partial charge in [-0.25, -0.2) is 0 Å². The molecule has 0 aliphatic rings. The number of nitrogens with two attached hydrogens (primary N) is 3. The lowest BCUT2D eigenvalue weighted by molar-refractivity contribution is 0.100. The van der Waals surface area contributed by atoms with E-state index >= 15 is 0 Å². The summed E-state index contributed by atoms with van der Waals surface area (Å²) in [6.07, 6.45) is 0. The van der Waals surface area contributed by atoms with Crippen molar-refractivity contribution in [3.8, 4) is 0 Å². The van der Waals surface area contributed by atoms with Gasteiger partial charge in [-0.1, -0.05) is 0 Å². The average molecular weight is 254 g/mol. The van der Waals surface area contributed by atoms with E-state index in [2.05, 4.69) is 0 Å². The molecule has 0 saturated heterocycles. The Kier molecular flexibility index (Phi) is 4.75. The molecule has 1 rings (SSSR count). The van der Waals surface area contributed by atoms with Crippen LogP contribution in [0.3, 0.4) is 0 Å². The lowest BCUT2D eigenvalue weighted by Crippen LogP contribution is -2.31. The van der Waals surface area contributed by atoms with Crippen molar-refractivity contribution in [1.29, 1.82) is 0 Å². The lowest BCUT2D eigenvalue weighted by atomic mass is 10.1. The van der Waals surface area contributed by atoms with Crippen LogP contribution in [0.25, 0.3) is 0 Å². The SMILES string of the molecule is NC(=O)c1cc(N(CCO)CCO)c(N)cc1N. The quantitative estimate of drug-likeness (QED) is 0.402. The first-order chi connectivity index (χ1) is 8.51. The summed E-state index contributed by atoms with van der Waals surface area (Å²) >= 11 is 0. The molecule has 0 atom stereocenters. The van der Waals surface area contributed by atoms with Crippen molar-refractivity contribution in [2.45, 2.75) is 0 Å². The summed E-state index contributed by atoms with van der Waals surface area (Å²) in [5, 5.41) is 17.9. The molecule has 0 aliphatic heterocycles. The van der Waals surface area contributed by atoms with Crippen LogP contribution in [0.2, 0.25) is 0 Å². The van der Waals surface area contributed by atoms with Crippen molar-refractivity contribution in [2.75, 3.05) is 42.7 Å². The number of primary amides is 1. The Bertz CT molecular complexity index is 431. The summed E-state index contributed by atoms with van der Waals surface area (Å²) in [6.45, 7) is 0.366. The number of nitrogens with zero attached hydrogens (tertiary/aromatic N) is 1. The van der Waals surface area contributed by atoms with E-state index in [0.717, 1.165) is 0 Å². The van der Waals surface area contributed by atoms with Crippen LogP contribution < -0.4 is 22.1 Å². The number of hydrogen-bond acceptors (Lipinski definition) is 6. The van der Waals surface area contributed by atoms with E-state index in [9.17, 15) is 4.79 Å². The molecule has 0 fully saturated rings. The van der Waals surface area contributed by atoms with Crippen molar-refractivity contribution in [3.05, 3.63) is 17.7 Å². The van der Waals surface area contributed by atoms with E-state index in [4.69, 9.17) is 27.4 Å². The van der Waals surface area contributed by atoms with Crippen molar-refractivity contribution < 1.29 is 15.0 Å². The predicted octanol–water partition coefficient (Wildman–Crippen LogP) is -1.26. The Balaban J connectivity index is 3.20. The molecule has 1 amide bonds. The number of aliphatic hydroxyl groups excluding tert-OH is 2. The highest BCUT2D eigenvalue weighted by molar-refractivity contribution is 6.00. The normalized spacial score (nSPS) is 10.3. The van der Waals surface area contributed by atoms with Crippen LogP contribution in [0.1, 0.15) is 10.4 Å². The highest BCUT2D eigenvalue weighted by Crippen LogP contribution is 2.28. The minimum atomic E-state index is -0.651. The van der Waals surface area contributed by atoms with Crippen LogP contribution in [0, 0.1) is 0 Å². The van der Waals surface area contributed by atoms with Gasteiger partial charge >= 0.3 is 0 Å². The fourth-order valence-corrected chi connectivity index (χ4v) is 1.70. The van der Waals surface area contributed by atoms with Crippen LogP contribution in [0.15, 0.2) is 12.1 Å². The molecule has 0 heterocycles. The number of carbonyl (C=O) groups excluding carboxylic acids is 1. The molecule has 8 N–H and O–H groups in total. The molecule has 0 aromatic heterocycles. The molecule has 0 spiro atoms. The van der Waals surface area contributed by atoms with Crippen LogP contribution in [-0.4, -0.2) is 42.4 Å². The van der Waals surface area contributed by atoms with Crippen LogP contribution in [0.5, 0.6) is 0 Å². The molecular weight excluding hydrogens is 236 g/mol. The zero-order valence-corrected chi connectivity index (χ0v) is 9.97. The fraction of sp³-hybridized carbons (Fsp3) is 0.364. The highest BCUT2D eigenvalue weighted by atomic mass is 16.3. The van der Waals surface area contributed by atoms with E-state index in [1.807, 2.05) is 0 Å². The van der Waals surface area contributed by atoms with E-state index in [1.54, 1.807) is 4.90 Å². The number of benzene rings is 1. The summed E-state index contributed by atoms with van der Waals surface area (Å²) in [7, 11) is 0.